The van der Waals surface area contributed by atoms with Crippen LogP contribution in [0.15, 0.2) is 94.1 Å². The van der Waals surface area contributed by atoms with Crippen LogP contribution in [0, 0.1) is 0 Å². The Bertz CT molecular complexity index is 1280. The number of hydrogen-bond acceptors (Lipinski definition) is 5. The maximum Gasteiger partial charge on any atom is 0.345 e. The molecule has 6 heteroatoms. The van der Waals surface area contributed by atoms with Crippen LogP contribution in [0.5, 0.6) is 5.75 Å². The highest BCUT2D eigenvalue weighted by atomic mass is 16.4. The first-order valence-corrected chi connectivity index (χ1v) is 9.26. The third-order valence-corrected chi connectivity index (χ3v) is 4.74. The summed E-state index contributed by atoms with van der Waals surface area (Å²) in [4.78, 5) is 38.7. The molecule has 0 bridgehead atoms. The van der Waals surface area contributed by atoms with E-state index in [1.807, 2.05) is 0 Å². The molecule has 2 N–H and O–H groups in total. The molecule has 0 fully saturated rings. The van der Waals surface area contributed by atoms with E-state index in [4.69, 9.17) is 4.42 Å². The minimum absolute atomic E-state index is 0.184. The maximum atomic E-state index is 13.2. The van der Waals surface area contributed by atoms with Gasteiger partial charge in [0.25, 0.3) is 5.91 Å². The Morgan fingerprint density at radius 3 is 2.03 bits per heavy atom. The molecule has 0 aliphatic heterocycles. The number of benzene rings is 3. The zero-order valence-electron chi connectivity index (χ0n) is 15.7. The molecule has 3 aromatic carbocycles. The Morgan fingerprint density at radius 1 is 0.800 bits per heavy atom. The first kappa shape index (κ1) is 19.1. The first-order chi connectivity index (χ1) is 14.6. The molecule has 1 atom stereocenters. The number of carbonyl (C=O) groups is 2. The van der Waals surface area contributed by atoms with Crippen LogP contribution < -0.4 is 10.9 Å². The Balaban J connectivity index is 1.85. The van der Waals surface area contributed by atoms with Gasteiger partial charge in [-0.3, -0.25) is 9.59 Å². The van der Waals surface area contributed by atoms with Crippen LogP contribution in [0.2, 0.25) is 0 Å². The molecule has 0 aliphatic rings. The molecule has 6 nitrogen and oxygen atoms in total. The van der Waals surface area contributed by atoms with Crippen molar-refractivity contribution in [1.29, 1.82) is 0 Å². The maximum absolute atomic E-state index is 13.2. The molecule has 4 rings (SSSR count). The SMILES string of the molecule is O=C(NC(C(=O)c1ccccc1)c1c(O)c2ccccc2oc1=O)c1ccccc1. The number of amides is 1. The first-order valence-electron chi connectivity index (χ1n) is 9.26. The summed E-state index contributed by atoms with van der Waals surface area (Å²) >= 11 is 0. The Labute approximate surface area is 171 Å². The van der Waals surface area contributed by atoms with Gasteiger partial charge in [-0.1, -0.05) is 60.7 Å². The average Bonchev–Trinajstić information content (AvgIpc) is 2.79. The molecule has 0 spiro atoms. The van der Waals surface area contributed by atoms with Crippen molar-refractivity contribution in [3.05, 3.63) is 112 Å². The normalized spacial score (nSPS) is 11.7. The van der Waals surface area contributed by atoms with E-state index in [-0.39, 0.29) is 22.1 Å². The van der Waals surface area contributed by atoms with Gasteiger partial charge < -0.3 is 14.8 Å². The number of aromatic hydroxyl groups is 1. The minimum Gasteiger partial charge on any atom is -0.507 e. The van der Waals surface area contributed by atoms with Gasteiger partial charge in [-0.25, -0.2) is 4.79 Å². The number of ketones is 1. The summed E-state index contributed by atoms with van der Waals surface area (Å²) in [6, 6.07) is 21.5. The molecule has 0 aliphatic carbocycles. The van der Waals surface area contributed by atoms with Gasteiger partial charge in [-0.15, -0.1) is 0 Å². The molecule has 1 unspecified atom stereocenters. The summed E-state index contributed by atoms with van der Waals surface area (Å²) < 4.78 is 5.31. The lowest BCUT2D eigenvalue weighted by molar-refractivity contribution is 0.0854. The molecule has 30 heavy (non-hydrogen) atoms. The van der Waals surface area contributed by atoms with Crippen molar-refractivity contribution in [2.45, 2.75) is 6.04 Å². The lowest BCUT2D eigenvalue weighted by Gasteiger charge is -2.19. The lowest BCUT2D eigenvalue weighted by Crippen LogP contribution is -2.36. The van der Waals surface area contributed by atoms with Crippen molar-refractivity contribution >= 4 is 22.7 Å². The van der Waals surface area contributed by atoms with Crippen molar-refractivity contribution in [3.8, 4) is 5.75 Å². The second-order valence-corrected chi connectivity index (χ2v) is 6.65. The van der Waals surface area contributed by atoms with Gasteiger partial charge in [0.15, 0.2) is 5.78 Å². The van der Waals surface area contributed by atoms with Gasteiger partial charge >= 0.3 is 5.63 Å². The third-order valence-electron chi connectivity index (χ3n) is 4.74. The quantitative estimate of drug-likeness (QED) is 0.392. The van der Waals surface area contributed by atoms with E-state index in [0.717, 1.165) is 0 Å². The molecule has 4 aromatic rings. The predicted molar refractivity (Wildman–Crippen MR) is 112 cm³/mol. The van der Waals surface area contributed by atoms with E-state index in [2.05, 4.69) is 5.32 Å². The molecular weight excluding hydrogens is 382 g/mol. The highest BCUT2D eigenvalue weighted by molar-refractivity contribution is 6.05. The molecule has 0 radical (unpaired) electrons. The van der Waals surface area contributed by atoms with Crippen molar-refractivity contribution in [1.82, 2.24) is 5.32 Å². The minimum atomic E-state index is -1.43. The highest BCUT2D eigenvalue weighted by Gasteiger charge is 2.31. The lowest BCUT2D eigenvalue weighted by atomic mass is 9.96. The van der Waals surface area contributed by atoms with E-state index < -0.39 is 29.1 Å². The standard InChI is InChI=1S/C24H17NO5/c26-21(15-9-3-1-4-10-15)20(25-23(28)16-11-5-2-6-12-16)19-22(27)17-13-7-8-14-18(17)30-24(19)29/h1-14,20,27H,(H,25,28). The molecule has 0 saturated heterocycles. The Hall–Kier alpha value is -4.19. The number of carbonyl (C=O) groups excluding carboxylic acids is 2. The van der Waals surface area contributed by atoms with Gasteiger partial charge in [0.05, 0.1) is 5.39 Å². The third kappa shape index (κ3) is 3.58. The van der Waals surface area contributed by atoms with E-state index in [0.29, 0.717) is 5.56 Å². The second kappa shape index (κ2) is 8.05. The smallest absolute Gasteiger partial charge is 0.345 e. The van der Waals surface area contributed by atoms with Gasteiger partial charge in [0, 0.05) is 11.1 Å². The number of nitrogens with one attached hydrogen (secondary N) is 1. The summed E-state index contributed by atoms with van der Waals surface area (Å²) in [6.45, 7) is 0. The number of hydrogen-bond donors (Lipinski definition) is 2. The van der Waals surface area contributed by atoms with Crippen LogP contribution in [0.4, 0.5) is 0 Å². The predicted octanol–water partition coefficient (Wildman–Crippen LogP) is 3.85. The molecule has 1 amide bonds. The highest BCUT2D eigenvalue weighted by Crippen LogP contribution is 2.31. The monoisotopic (exact) mass is 399 g/mol. The summed E-state index contributed by atoms with van der Waals surface area (Å²) in [6.07, 6.45) is 0. The van der Waals surface area contributed by atoms with Crippen LogP contribution in [-0.2, 0) is 0 Å². The van der Waals surface area contributed by atoms with Crippen LogP contribution in [0.3, 0.4) is 0 Å². The van der Waals surface area contributed by atoms with Crippen LogP contribution in [0.1, 0.15) is 32.3 Å². The van der Waals surface area contributed by atoms with Crippen molar-refractivity contribution in [2.75, 3.05) is 0 Å². The van der Waals surface area contributed by atoms with Crippen molar-refractivity contribution in [3.63, 3.8) is 0 Å². The number of rotatable bonds is 5. The van der Waals surface area contributed by atoms with E-state index >= 15 is 0 Å². The molecule has 148 valence electrons. The van der Waals surface area contributed by atoms with Crippen LogP contribution >= 0.6 is 0 Å². The fourth-order valence-corrected chi connectivity index (χ4v) is 3.24. The molecule has 0 saturated carbocycles. The Kier molecular flexibility index (Phi) is 5.13. The van der Waals surface area contributed by atoms with Crippen molar-refractivity contribution in [2.24, 2.45) is 0 Å². The Morgan fingerprint density at radius 2 is 1.37 bits per heavy atom. The summed E-state index contributed by atoms with van der Waals surface area (Å²) in [5, 5.41) is 13.7. The summed E-state index contributed by atoms with van der Waals surface area (Å²) in [7, 11) is 0. The molecule has 1 aromatic heterocycles. The number of fused-ring (bicyclic) bond motifs is 1. The van der Waals surface area contributed by atoms with Crippen LogP contribution in [0.25, 0.3) is 11.0 Å². The van der Waals surface area contributed by atoms with Gasteiger partial charge in [-0.2, -0.15) is 0 Å². The topological polar surface area (TPSA) is 96.6 Å². The summed E-state index contributed by atoms with van der Waals surface area (Å²) in [5.41, 5.74) is -0.430. The fourth-order valence-electron chi connectivity index (χ4n) is 3.24. The van der Waals surface area contributed by atoms with Gasteiger partial charge in [0.2, 0.25) is 0 Å². The van der Waals surface area contributed by atoms with E-state index in [9.17, 15) is 19.5 Å². The molecule has 1 heterocycles. The zero-order chi connectivity index (χ0) is 21.1. The fraction of sp³-hybridized carbons (Fsp3) is 0.0417. The van der Waals surface area contributed by atoms with Gasteiger partial charge in [-0.05, 0) is 24.3 Å². The zero-order valence-corrected chi connectivity index (χ0v) is 15.7. The second-order valence-electron chi connectivity index (χ2n) is 6.65. The largest absolute Gasteiger partial charge is 0.507 e. The number of para-hydroxylation sites is 1. The van der Waals surface area contributed by atoms with E-state index in [1.165, 1.54) is 6.07 Å². The van der Waals surface area contributed by atoms with Crippen molar-refractivity contribution < 1.29 is 19.1 Å². The average molecular weight is 399 g/mol. The van der Waals surface area contributed by atoms with E-state index in [1.54, 1.807) is 78.9 Å². The van der Waals surface area contributed by atoms with Gasteiger partial charge in [0.1, 0.15) is 22.9 Å². The van der Waals surface area contributed by atoms with Crippen LogP contribution in [-0.4, -0.2) is 16.8 Å². The number of Topliss-reactive ketones (excluding diaryl/α,β-unsaturated/α-hetero) is 1. The molecular formula is C24H17NO5. The summed E-state index contributed by atoms with van der Waals surface area (Å²) in [5.74, 6) is -1.50.